The lowest BCUT2D eigenvalue weighted by Gasteiger charge is -2.42. The second kappa shape index (κ2) is 4.75. The summed E-state index contributed by atoms with van der Waals surface area (Å²) in [5.74, 6) is 0. The number of aromatic nitrogens is 1. The summed E-state index contributed by atoms with van der Waals surface area (Å²) in [5.41, 5.74) is 5.29. The smallest absolute Gasteiger partial charge is 0.120 e. The van der Waals surface area contributed by atoms with E-state index in [4.69, 9.17) is 0 Å². The largest absolute Gasteiger partial charge is 0.357 e. The van der Waals surface area contributed by atoms with E-state index in [-0.39, 0.29) is 6.04 Å². The quantitative estimate of drug-likeness (QED) is 0.808. The van der Waals surface area contributed by atoms with Crippen molar-refractivity contribution in [2.45, 2.75) is 38.3 Å². The Kier molecular flexibility index (Phi) is 2.87. The van der Waals surface area contributed by atoms with Crippen molar-refractivity contribution < 1.29 is 0 Å². The van der Waals surface area contributed by atoms with Crippen molar-refractivity contribution in [2.24, 2.45) is 0 Å². The first-order valence-electron chi connectivity index (χ1n) is 7.77. The maximum absolute atomic E-state index is 9.58. The molecule has 0 amide bonds. The lowest BCUT2D eigenvalue weighted by Crippen LogP contribution is -2.45. The highest BCUT2D eigenvalue weighted by atomic mass is 15.2. The fraction of sp³-hybridized carbons (Fsp3) is 0.389. The minimum atomic E-state index is -0.0479. The van der Waals surface area contributed by atoms with Crippen LogP contribution in [-0.4, -0.2) is 22.5 Å². The highest BCUT2D eigenvalue weighted by Gasteiger charge is 2.37. The number of H-pyrrole nitrogens is 1. The maximum atomic E-state index is 9.58. The third kappa shape index (κ3) is 1.76. The molecule has 0 saturated heterocycles. The topological polar surface area (TPSA) is 42.8 Å². The molecule has 0 bridgehead atoms. The second-order valence-corrected chi connectivity index (χ2v) is 5.97. The Morgan fingerprint density at radius 3 is 3.05 bits per heavy atom. The van der Waals surface area contributed by atoms with Crippen molar-refractivity contribution >= 4 is 10.9 Å². The predicted molar refractivity (Wildman–Crippen MR) is 83.8 cm³/mol. The number of nitrogens with one attached hydrogen (secondary N) is 1. The molecule has 0 radical (unpaired) electrons. The van der Waals surface area contributed by atoms with E-state index in [1.165, 1.54) is 27.7 Å². The van der Waals surface area contributed by atoms with E-state index in [2.05, 4.69) is 53.2 Å². The van der Waals surface area contributed by atoms with Crippen LogP contribution in [0.25, 0.3) is 10.9 Å². The Morgan fingerprint density at radius 2 is 2.24 bits per heavy atom. The van der Waals surface area contributed by atoms with E-state index < -0.39 is 0 Å². The Balaban J connectivity index is 1.84. The van der Waals surface area contributed by atoms with Gasteiger partial charge >= 0.3 is 0 Å². The molecule has 2 aromatic rings. The van der Waals surface area contributed by atoms with Gasteiger partial charge in [-0.05, 0) is 36.5 Å². The van der Waals surface area contributed by atoms with Crippen molar-refractivity contribution in [3.8, 4) is 6.07 Å². The second-order valence-electron chi connectivity index (χ2n) is 5.97. The molecule has 0 saturated carbocycles. The van der Waals surface area contributed by atoms with Crippen LogP contribution >= 0.6 is 0 Å². The highest BCUT2D eigenvalue weighted by molar-refractivity contribution is 5.85. The van der Waals surface area contributed by atoms with Crippen LogP contribution in [0.2, 0.25) is 0 Å². The van der Waals surface area contributed by atoms with Gasteiger partial charge in [-0.25, -0.2) is 0 Å². The standard InChI is InChI=1S/C18H19N3/c1-2-12-7-8-16-18-14(9-10-21(16)17(12)11-19)13-5-3-4-6-15(13)20-18/h3-7,16-17,20H,2,8-10H2,1H3. The Labute approximate surface area is 124 Å². The van der Waals surface area contributed by atoms with E-state index in [1.54, 1.807) is 0 Å². The van der Waals surface area contributed by atoms with Crippen LogP contribution < -0.4 is 0 Å². The summed E-state index contributed by atoms with van der Waals surface area (Å²) in [6.07, 6.45) is 5.31. The fourth-order valence-electron chi connectivity index (χ4n) is 3.98. The number of aromatic amines is 1. The molecule has 1 N–H and O–H groups in total. The summed E-state index contributed by atoms with van der Waals surface area (Å²) >= 11 is 0. The SMILES string of the molecule is CCC1=CCC2c3[nH]c4ccccc4c3CCN2C1C#N. The van der Waals surface area contributed by atoms with Crippen LogP contribution in [0.5, 0.6) is 0 Å². The van der Waals surface area contributed by atoms with Crippen LogP contribution in [0.4, 0.5) is 0 Å². The van der Waals surface area contributed by atoms with E-state index in [1.807, 2.05) is 0 Å². The predicted octanol–water partition coefficient (Wildman–Crippen LogP) is 3.70. The molecule has 4 rings (SSSR count). The molecular weight excluding hydrogens is 258 g/mol. The fourth-order valence-corrected chi connectivity index (χ4v) is 3.98. The van der Waals surface area contributed by atoms with E-state index in [0.29, 0.717) is 6.04 Å². The number of benzene rings is 1. The molecular formula is C18H19N3. The first-order chi connectivity index (χ1) is 10.3. The van der Waals surface area contributed by atoms with Gasteiger partial charge in [0, 0.05) is 23.1 Å². The molecule has 1 aromatic heterocycles. The maximum Gasteiger partial charge on any atom is 0.120 e. The molecule has 0 fully saturated rings. The monoisotopic (exact) mass is 277 g/mol. The molecule has 2 atom stereocenters. The van der Waals surface area contributed by atoms with E-state index in [0.717, 1.165) is 25.8 Å². The van der Waals surface area contributed by atoms with Gasteiger partial charge in [0.1, 0.15) is 6.04 Å². The van der Waals surface area contributed by atoms with Crippen LogP contribution in [0.3, 0.4) is 0 Å². The minimum Gasteiger partial charge on any atom is -0.357 e. The zero-order valence-corrected chi connectivity index (χ0v) is 12.3. The summed E-state index contributed by atoms with van der Waals surface area (Å²) in [6.45, 7) is 3.13. The van der Waals surface area contributed by atoms with Gasteiger partial charge in [0.2, 0.25) is 0 Å². The van der Waals surface area contributed by atoms with Crippen LogP contribution in [-0.2, 0) is 6.42 Å². The van der Waals surface area contributed by atoms with Gasteiger partial charge in [-0.1, -0.05) is 31.2 Å². The summed E-state index contributed by atoms with van der Waals surface area (Å²) in [5, 5.41) is 10.9. The third-order valence-corrected chi connectivity index (χ3v) is 5.02. The number of hydrogen-bond acceptors (Lipinski definition) is 2. The molecule has 2 unspecified atom stereocenters. The zero-order chi connectivity index (χ0) is 14.4. The van der Waals surface area contributed by atoms with Gasteiger partial charge in [0.15, 0.2) is 0 Å². The van der Waals surface area contributed by atoms with Crippen molar-refractivity contribution in [2.75, 3.05) is 6.54 Å². The average molecular weight is 277 g/mol. The van der Waals surface area contributed by atoms with E-state index >= 15 is 0 Å². The number of para-hydroxylation sites is 1. The molecule has 3 heteroatoms. The first kappa shape index (κ1) is 12.7. The summed E-state index contributed by atoms with van der Waals surface area (Å²) in [4.78, 5) is 6.00. The van der Waals surface area contributed by atoms with Crippen molar-refractivity contribution in [1.29, 1.82) is 5.26 Å². The number of hydrogen-bond donors (Lipinski definition) is 1. The van der Waals surface area contributed by atoms with Gasteiger partial charge in [0.05, 0.1) is 12.1 Å². The van der Waals surface area contributed by atoms with Crippen LogP contribution in [0.15, 0.2) is 35.9 Å². The summed E-state index contributed by atoms with van der Waals surface area (Å²) in [6, 6.07) is 11.3. The molecule has 2 aliphatic heterocycles. The average Bonchev–Trinajstić information content (AvgIpc) is 2.92. The molecule has 2 aliphatic rings. The van der Waals surface area contributed by atoms with Crippen molar-refractivity contribution in [1.82, 2.24) is 9.88 Å². The van der Waals surface area contributed by atoms with Crippen molar-refractivity contribution in [3.63, 3.8) is 0 Å². The molecule has 106 valence electrons. The van der Waals surface area contributed by atoms with Crippen molar-refractivity contribution in [3.05, 3.63) is 47.2 Å². The van der Waals surface area contributed by atoms with Gasteiger partial charge < -0.3 is 4.98 Å². The number of fused-ring (bicyclic) bond motifs is 5. The molecule has 3 nitrogen and oxygen atoms in total. The number of nitrogens with zero attached hydrogens (tertiary/aromatic N) is 2. The van der Waals surface area contributed by atoms with E-state index in [9.17, 15) is 5.26 Å². The Bertz CT molecular complexity index is 762. The Hall–Kier alpha value is -2.05. The molecule has 1 aromatic carbocycles. The minimum absolute atomic E-state index is 0.0479. The lowest BCUT2D eigenvalue weighted by molar-refractivity contribution is 0.154. The summed E-state index contributed by atoms with van der Waals surface area (Å²) in [7, 11) is 0. The van der Waals surface area contributed by atoms with Crippen LogP contribution in [0, 0.1) is 11.3 Å². The Morgan fingerprint density at radius 1 is 1.38 bits per heavy atom. The molecule has 21 heavy (non-hydrogen) atoms. The molecule has 0 aliphatic carbocycles. The molecule has 0 spiro atoms. The molecule has 3 heterocycles. The number of rotatable bonds is 1. The zero-order valence-electron chi connectivity index (χ0n) is 12.3. The van der Waals surface area contributed by atoms with Gasteiger partial charge in [-0.2, -0.15) is 5.26 Å². The summed E-state index contributed by atoms with van der Waals surface area (Å²) < 4.78 is 0. The van der Waals surface area contributed by atoms with Gasteiger partial charge in [0.25, 0.3) is 0 Å². The third-order valence-electron chi connectivity index (χ3n) is 5.02. The van der Waals surface area contributed by atoms with Gasteiger partial charge in [-0.15, -0.1) is 0 Å². The van der Waals surface area contributed by atoms with Crippen LogP contribution in [0.1, 0.15) is 37.1 Å². The highest BCUT2D eigenvalue weighted by Crippen LogP contribution is 2.41. The lowest BCUT2D eigenvalue weighted by atomic mass is 9.87. The normalized spacial score (nSPS) is 25.0. The number of nitriles is 1. The first-order valence-corrected chi connectivity index (χ1v) is 7.77. The van der Waals surface area contributed by atoms with Gasteiger partial charge in [-0.3, -0.25) is 4.90 Å².